The largest absolute Gasteiger partial charge is 0.493 e. The maximum atomic E-state index is 13.9. The number of halogens is 2. The van der Waals surface area contributed by atoms with E-state index in [1.54, 1.807) is 0 Å². The van der Waals surface area contributed by atoms with Gasteiger partial charge in [0.15, 0.2) is 5.96 Å². The van der Waals surface area contributed by atoms with E-state index in [1.807, 2.05) is 24.3 Å². The van der Waals surface area contributed by atoms with Crippen molar-refractivity contribution in [2.45, 2.75) is 25.0 Å². The third-order valence-corrected chi connectivity index (χ3v) is 4.35. The van der Waals surface area contributed by atoms with Gasteiger partial charge in [-0.2, -0.15) is 0 Å². The number of nitrogens with one attached hydrogen (secondary N) is 1. The van der Waals surface area contributed by atoms with Crippen LogP contribution in [0.15, 0.2) is 47.5 Å². The molecule has 4 N–H and O–H groups in total. The van der Waals surface area contributed by atoms with Crippen LogP contribution in [0.4, 0.5) is 8.78 Å². The molecule has 0 fully saturated rings. The first-order valence-electron chi connectivity index (χ1n) is 8.33. The van der Waals surface area contributed by atoms with E-state index < -0.39 is 17.2 Å². The number of ether oxygens (including phenoxy) is 1. The summed E-state index contributed by atoms with van der Waals surface area (Å²) in [6.07, 6.45) is 0.718. The molecule has 0 radical (unpaired) electrons. The quantitative estimate of drug-likeness (QED) is 0.578. The Hall–Kier alpha value is -2.67. The first-order chi connectivity index (χ1) is 12.4. The first-order valence-corrected chi connectivity index (χ1v) is 8.33. The zero-order valence-electron chi connectivity index (χ0n) is 14.4. The zero-order valence-corrected chi connectivity index (χ0v) is 14.4. The van der Waals surface area contributed by atoms with E-state index in [1.165, 1.54) is 13.0 Å². The number of hydrogen-bond donors (Lipinski definition) is 3. The highest BCUT2D eigenvalue weighted by molar-refractivity contribution is 5.78. The van der Waals surface area contributed by atoms with Gasteiger partial charge in [0.05, 0.1) is 19.2 Å². The molecule has 2 aromatic rings. The fraction of sp³-hybridized carbons (Fsp3) is 0.316. The molecule has 0 saturated heterocycles. The summed E-state index contributed by atoms with van der Waals surface area (Å²) in [7, 11) is 0. The van der Waals surface area contributed by atoms with Gasteiger partial charge < -0.3 is 20.9 Å². The minimum atomic E-state index is -1.61. The summed E-state index contributed by atoms with van der Waals surface area (Å²) in [5.74, 6) is -0.598. The standard InChI is InChI=1S/C19H21F2N3O2/c1-19(25,14-7-6-12(20)10-15(14)21)11-23-18(22)24-16-8-9-26-17-5-3-2-4-13(16)17/h2-7,10,16,25H,8-9,11H2,1H3,(H3,22,23,24). The van der Waals surface area contributed by atoms with Crippen LogP contribution in [-0.2, 0) is 5.60 Å². The lowest BCUT2D eigenvalue weighted by Crippen LogP contribution is -2.38. The maximum Gasteiger partial charge on any atom is 0.189 e. The van der Waals surface area contributed by atoms with Crippen molar-refractivity contribution in [1.82, 2.24) is 5.32 Å². The summed E-state index contributed by atoms with van der Waals surface area (Å²) in [6.45, 7) is 1.80. The van der Waals surface area contributed by atoms with E-state index in [2.05, 4.69) is 10.3 Å². The van der Waals surface area contributed by atoms with Crippen LogP contribution in [-0.4, -0.2) is 24.2 Å². The minimum Gasteiger partial charge on any atom is -0.493 e. The number of guanidine groups is 1. The molecule has 1 aliphatic rings. The predicted octanol–water partition coefficient (Wildman–Crippen LogP) is 2.60. The molecule has 1 heterocycles. The van der Waals surface area contributed by atoms with E-state index in [0.717, 1.165) is 29.9 Å². The Morgan fingerprint density at radius 1 is 1.35 bits per heavy atom. The van der Waals surface area contributed by atoms with Crippen molar-refractivity contribution in [2.75, 3.05) is 13.2 Å². The molecule has 5 nitrogen and oxygen atoms in total. The van der Waals surface area contributed by atoms with Gasteiger partial charge in [-0.15, -0.1) is 0 Å². The van der Waals surface area contributed by atoms with Crippen molar-refractivity contribution in [3.05, 3.63) is 65.2 Å². The van der Waals surface area contributed by atoms with Crippen LogP contribution in [0.3, 0.4) is 0 Å². The Kier molecular flexibility index (Phi) is 5.08. The Morgan fingerprint density at radius 3 is 2.88 bits per heavy atom. The second-order valence-corrected chi connectivity index (χ2v) is 6.47. The van der Waals surface area contributed by atoms with Gasteiger partial charge in [-0.25, -0.2) is 8.78 Å². The molecule has 2 aromatic carbocycles. The number of fused-ring (bicyclic) bond motifs is 1. The van der Waals surface area contributed by atoms with Crippen LogP contribution in [0.2, 0.25) is 0 Å². The van der Waals surface area contributed by atoms with Gasteiger partial charge in [-0.3, -0.25) is 4.99 Å². The molecule has 0 aliphatic carbocycles. The number of para-hydroxylation sites is 1. The van der Waals surface area contributed by atoms with Crippen molar-refractivity contribution in [3.63, 3.8) is 0 Å². The van der Waals surface area contributed by atoms with Crippen LogP contribution in [0, 0.1) is 11.6 Å². The SMILES string of the molecule is CC(O)(CN=C(N)NC1CCOc2ccccc21)c1ccc(F)cc1F. The molecule has 1 aliphatic heterocycles. The third kappa shape index (κ3) is 3.94. The lowest BCUT2D eigenvalue weighted by molar-refractivity contribution is 0.0632. The number of benzene rings is 2. The van der Waals surface area contributed by atoms with Crippen LogP contribution in [0.25, 0.3) is 0 Å². The maximum absolute atomic E-state index is 13.9. The van der Waals surface area contributed by atoms with Crippen LogP contribution < -0.4 is 15.8 Å². The molecule has 138 valence electrons. The second kappa shape index (κ2) is 7.29. The molecule has 0 saturated carbocycles. The molecule has 26 heavy (non-hydrogen) atoms. The summed E-state index contributed by atoms with van der Waals surface area (Å²) in [5.41, 5.74) is 5.27. The average molecular weight is 361 g/mol. The highest BCUT2D eigenvalue weighted by atomic mass is 19.1. The van der Waals surface area contributed by atoms with Gasteiger partial charge >= 0.3 is 0 Å². The summed E-state index contributed by atoms with van der Waals surface area (Å²) in [4.78, 5) is 4.13. The molecule has 0 amide bonds. The van der Waals surface area contributed by atoms with Crippen molar-refractivity contribution in [1.29, 1.82) is 0 Å². The van der Waals surface area contributed by atoms with Gasteiger partial charge in [0.2, 0.25) is 0 Å². The molecular formula is C19H21F2N3O2. The topological polar surface area (TPSA) is 79.9 Å². The van der Waals surface area contributed by atoms with Gasteiger partial charge in [0.1, 0.15) is 23.0 Å². The van der Waals surface area contributed by atoms with Crippen molar-refractivity contribution >= 4 is 5.96 Å². The van der Waals surface area contributed by atoms with E-state index in [9.17, 15) is 13.9 Å². The molecule has 2 unspecified atom stereocenters. The lowest BCUT2D eigenvalue weighted by atomic mass is 9.95. The number of aliphatic imine (C=N–C) groups is 1. The first kappa shape index (κ1) is 18.1. The van der Waals surface area contributed by atoms with E-state index in [4.69, 9.17) is 10.5 Å². The average Bonchev–Trinajstić information content (AvgIpc) is 2.60. The lowest BCUT2D eigenvalue weighted by Gasteiger charge is -2.27. The number of nitrogens with zero attached hydrogens (tertiary/aromatic N) is 1. The van der Waals surface area contributed by atoms with Gasteiger partial charge in [0.25, 0.3) is 0 Å². The molecule has 0 bridgehead atoms. The van der Waals surface area contributed by atoms with Crippen molar-refractivity contribution in [3.8, 4) is 5.75 Å². The third-order valence-electron chi connectivity index (χ3n) is 4.35. The molecule has 7 heteroatoms. The smallest absolute Gasteiger partial charge is 0.189 e. The molecule has 3 rings (SSSR count). The normalized spacial score (nSPS) is 19.2. The molecular weight excluding hydrogens is 340 g/mol. The fourth-order valence-electron chi connectivity index (χ4n) is 2.97. The Labute approximate surface area is 150 Å². The van der Waals surface area contributed by atoms with Crippen molar-refractivity contribution < 1.29 is 18.6 Å². The Bertz CT molecular complexity index is 824. The number of hydrogen-bond acceptors (Lipinski definition) is 3. The van der Waals surface area contributed by atoms with Crippen LogP contribution in [0.1, 0.15) is 30.5 Å². The molecule has 0 aromatic heterocycles. The molecule has 0 spiro atoms. The summed E-state index contributed by atoms with van der Waals surface area (Å²) in [6, 6.07) is 10.6. The van der Waals surface area contributed by atoms with Crippen LogP contribution >= 0.6 is 0 Å². The number of rotatable bonds is 4. The van der Waals surface area contributed by atoms with Gasteiger partial charge in [-0.05, 0) is 19.1 Å². The van der Waals surface area contributed by atoms with Crippen molar-refractivity contribution in [2.24, 2.45) is 10.7 Å². The monoisotopic (exact) mass is 361 g/mol. The molecule has 2 atom stereocenters. The highest BCUT2D eigenvalue weighted by Gasteiger charge is 2.27. The summed E-state index contributed by atoms with van der Waals surface area (Å²) in [5, 5.41) is 13.6. The van der Waals surface area contributed by atoms with E-state index in [-0.39, 0.29) is 24.1 Å². The minimum absolute atomic E-state index is 0.0353. The summed E-state index contributed by atoms with van der Waals surface area (Å²) >= 11 is 0. The predicted molar refractivity (Wildman–Crippen MR) is 94.8 cm³/mol. The second-order valence-electron chi connectivity index (χ2n) is 6.47. The summed E-state index contributed by atoms with van der Waals surface area (Å²) < 4.78 is 32.5. The van der Waals surface area contributed by atoms with E-state index in [0.29, 0.717) is 6.61 Å². The van der Waals surface area contributed by atoms with Gasteiger partial charge in [-0.1, -0.05) is 24.3 Å². The van der Waals surface area contributed by atoms with Gasteiger partial charge in [0, 0.05) is 23.6 Å². The number of aliphatic hydroxyl groups is 1. The van der Waals surface area contributed by atoms with E-state index >= 15 is 0 Å². The Morgan fingerprint density at radius 2 is 2.12 bits per heavy atom. The van der Waals surface area contributed by atoms with Crippen LogP contribution in [0.5, 0.6) is 5.75 Å². The number of nitrogens with two attached hydrogens (primary N) is 1. The Balaban J connectivity index is 1.71. The zero-order chi connectivity index (χ0) is 18.7. The fourth-order valence-corrected chi connectivity index (χ4v) is 2.97. The highest BCUT2D eigenvalue weighted by Crippen LogP contribution is 2.31.